The molecule has 0 heterocycles. The van der Waals surface area contributed by atoms with E-state index in [-0.39, 0.29) is 0 Å². The quantitative estimate of drug-likeness (QED) is 0.880. The van der Waals surface area contributed by atoms with Crippen molar-refractivity contribution in [3.8, 4) is 0 Å². The third-order valence-electron chi connectivity index (χ3n) is 3.63. The summed E-state index contributed by atoms with van der Waals surface area (Å²) >= 11 is 9.54. The smallest absolute Gasteiger partial charge is 0.0459 e. The topological polar surface area (TPSA) is 32.3 Å². The zero-order valence-electron chi connectivity index (χ0n) is 10.3. The first kappa shape index (κ1) is 14.3. The van der Waals surface area contributed by atoms with Gasteiger partial charge in [-0.05, 0) is 48.9 Å². The minimum absolute atomic E-state index is 0.318. The summed E-state index contributed by atoms with van der Waals surface area (Å²) in [6, 6.07) is 6.38. The summed E-state index contributed by atoms with van der Waals surface area (Å²) in [6.45, 7) is 1.14. The third-order valence-corrected chi connectivity index (χ3v) is 4.64. The van der Waals surface area contributed by atoms with E-state index in [1.165, 1.54) is 18.4 Å². The second-order valence-corrected chi connectivity index (χ2v) is 6.32. The molecule has 2 nitrogen and oxygen atoms in total. The van der Waals surface area contributed by atoms with Gasteiger partial charge in [-0.2, -0.15) is 0 Å². The third kappa shape index (κ3) is 3.95. The minimum Gasteiger partial charge on any atom is -0.396 e. The Hall–Kier alpha value is -0.0900. The fourth-order valence-electron chi connectivity index (χ4n) is 2.58. The number of benzene rings is 1. The summed E-state index contributed by atoms with van der Waals surface area (Å²) in [7, 11) is 0. The molecule has 0 radical (unpaired) electrons. The predicted octanol–water partition coefficient (Wildman–Crippen LogP) is 3.74. The van der Waals surface area contributed by atoms with Gasteiger partial charge < -0.3 is 10.4 Å². The number of rotatable bonds is 4. The van der Waals surface area contributed by atoms with Crippen LogP contribution in [0.1, 0.15) is 31.2 Å². The maximum atomic E-state index is 9.22. The van der Waals surface area contributed by atoms with Crippen molar-refractivity contribution in [2.45, 2.75) is 38.3 Å². The van der Waals surface area contributed by atoms with Gasteiger partial charge in [0.05, 0.1) is 0 Å². The first-order chi connectivity index (χ1) is 8.69. The average molecular weight is 333 g/mol. The van der Waals surface area contributed by atoms with Gasteiger partial charge in [0.25, 0.3) is 0 Å². The Kier molecular flexibility index (Phi) is 5.49. The van der Waals surface area contributed by atoms with Gasteiger partial charge in [-0.15, -0.1) is 0 Å². The number of nitrogens with one attached hydrogen (secondary N) is 1. The first-order valence-electron chi connectivity index (χ1n) is 6.47. The van der Waals surface area contributed by atoms with Crippen LogP contribution in [-0.2, 0) is 6.54 Å². The van der Waals surface area contributed by atoms with E-state index >= 15 is 0 Å². The largest absolute Gasteiger partial charge is 0.396 e. The lowest BCUT2D eigenvalue weighted by Crippen LogP contribution is -2.34. The number of hydrogen-bond acceptors (Lipinski definition) is 2. The van der Waals surface area contributed by atoms with Crippen molar-refractivity contribution in [1.82, 2.24) is 5.32 Å². The zero-order valence-corrected chi connectivity index (χ0v) is 12.7. The van der Waals surface area contributed by atoms with E-state index in [0.29, 0.717) is 18.6 Å². The second kappa shape index (κ2) is 6.90. The first-order valence-corrected chi connectivity index (χ1v) is 7.64. The maximum Gasteiger partial charge on any atom is 0.0459 e. The van der Waals surface area contributed by atoms with Crippen molar-refractivity contribution < 1.29 is 5.11 Å². The summed E-state index contributed by atoms with van der Waals surface area (Å²) in [5.74, 6) is 0.471. The molecule has 0 aliphatic heterocycles. The SMILES string of the molecule is OCC1CCCC(NCc2cc(Cl)ccc2Br)C1. The highest BCUT2D eigenvalue weighted by atomic mass is 79.9. The fraction of sp³-hybridized carbons (Fsp3) is 0.571. The Balaban J connectivity index is 1.89. The standard InChI is InChI=1S/C14H19BrClNO/c15-14-5-4-12(16)7-11(14)8-17-13-3-1-2-10(6-13)9-18/h4-5,7,10,13,17-18H,1-3,6,8-9H2. The molecular weight excluding hydrogens is 314 g/mol. The molecule has 1 aliphatic carbocycles. The molecular formula is C14H19BrClNO. The number of hydrogen-bond donors (Lipinski definition) is 2. The molecule has 0 saturated heterocycles. The highest BCUT2D eigenvalue weighted by molar-refractivity contribution is 9.10. The summed E-state index contributed by atoms with van der Waals surface area (Å²) in [5.41, 5.74) is 1.19. The Morgan fingerprint density at radius 3 is 3.00 bits per heavy atom. The highest BCUT2D eigenvalue weighted by Crippen LogP contribution is 2.25. The zero-order chi connectivity index (χ0) is 13.0. The number of aliphatic hydroxyl groups excluding tert-OH is 1. The molecule has 2 rings (SSSR count). The minimum atomic E-state index is 0.318. The molecule has 0 bridgehead atoms. The van der Waals surface area contributed by atoms with E-state index in [2.05, 4.69) is 21.2 Å². The molecule has 0 spiro atoms. The van der Waals surface area contributed by atoms with Crippen LogP contribution in [-0.4, -0.2) is 17.8 Å². The molecule has 1 aromatic rings. The molecule has 1 aromatic carbocycles. The van der Waals surface area contributed by atoms with Gasteiger partial charge in [0.15, 0.2) is 0 Å². The van der Waals surface area contributed by atoms with Gasteiger partial charge in [-0.3, -0.25) is 0 Å². The maximum absolute atomic E-state index is 9.22. The predicted molar refractivity (Wildman–Crippen MR) is 78.8 cm³/mol. The second-order valence-electron chi connectivity index (χ2n) is 5.03. The number of halogens is 2. The van der Waals surface area contributed by atoms with Crippen molar-refractivity contribution >= 4 is 27.5 Å². The number of aliphatic hydroxyl groups is 1. The molecule has 18 heavy (non-hydrogen) atoms. The molecule has 0 aromatic heterocycles. The summed E-state index contributed by atoms with van der Waals surface area (Å²) in [5, 5.41) is 13.6. The Bertz CT molecular complexity index is 399. The molecule has 2 N–H and O–H groups in total. The van der Waals surface area contributed by atoms with E-state index in [1.54, 1.807) is 0 Å². The lowest BCUT2D eigenvalue weighted by molar-refractivity contribution is 0.170. The van der Waals surface area contributed by atoms with Crippen molar-refractivity contribution in [1.29, 1.82) is 0 Å². The Morgan fingerprint density at radius 2 is 2.22 bits per heavy atom. The van der Waals surface area contributed by atoms with Crippen LogP contribution in [0.5, 0.6) is 0 Å². The van der Waals surface area contributed by atoms with Crippen molar-refractivity contribution in [2.75, 3.05) is 6.61 Å². The Morgan fingerprint density at radius 1 is 1.39 bits per heavy atom. The van der Waals surface area contributed by atoms with Crippen molar-refractivity contribution in [2.24, 2.45) is 5.92 Å². The lowest BCUT2D eigenvalue weighted by Gasteiger charge is -2.28. The van der Waals surface area contributed by atoms with Gasteiger partial charge in [-0.25, -0.2) is 0 Å². The molecule has 1 saturated carbocycles. The van der Waals surface area contributed by atoms with Crippen LogP contribution in [0.15, 0.2) is 22.7 Å². The Labute approximate surface area is 122 Å². The molecule has 4 heteroatoms. The highest BCUT2D eigenvalue weighted by Gasteiger charge is 2.20. The van der Waals surface area contributed by atoms with E-state index in [4.69, 9.17) is 11.6 Å². The van der Waals surface area contributed by atoms with E-state index in [1.807, 2.05) is 18.2 Å². The van der Waals surface area contributed by atoms with Gasteiger partial charge >= 0.3 is 0 Å². The molecule has 2 atom stereocenters. The van der Waals surface area contributed by atoms with E-state index in [0.717, 1.165) is 28.9 Å². The summed E-state index contributed by atoms with van der Waals surface area (Å²) < 4.78 is 1.09. The fourth-order valence-corrected chi connectivity index (χ4v) is 3.16. The van der Waals surface area contributed by atoms with Crippen LogP contribution in [0, 0.1) is 5.92 Å². The van der Waals surface area contributed by atoms with Crippen molar-refractivity contribution in [3.63, 3.8) is 0 Å². The van der Waals surface area contributed by atoms with Crippen LogP contribution < -0.4 is 5.32 Å². The van der Waals surface area contributed by atoms with Crippen LogP contribution in [0.4, 0.5) is 0 Å². The molecule has 1 aliphatic rings. The van der Waals surface area contributed by atoms with Crippen LogP contribution >= 0.6 is 27.5 Å². The van der Waals surface area contributed by atoms with Gasteiger partial charge in [-0.1, -0.05) is 34.0 Å². The molecule has 2 unspecified atom stereocenters. The van der Waals surface area contributed by atoms with Crippen LogP contribution in [0.3, 0.4) is 0 Å². The summed E-state index contributed by atoms with van der Waals surface area (Å²) in [4.78, 5) is 0. The normalized spacial score (nSPS) is 24.2. The molecule has 0 amide bonds. The van der Waals surface area contributed by atoms with Gasteiger partial charge in [0, 0.05) is 28.7 Å². The van der Waals surface area contributed by atoms with E-state index in [9.17, 15) is 5.11 Å². The molecule has 100 valence electrons. The monoisotopic (exact) mass is 331 g/mol. The van der Waals surface area contributed by atoms with Crippen molar-refractivity contribution in [3.05, 3.63) is 33.3 Å². The lowest BCUT2D eigenvalue weighted by atomic mass is 9.86. The van der Waals surface area contributed by atoms with Crippen LogP contribution in [0.25, 0.3) is 0 Å². The average Bonchev–Trinajstić information content (AvgIpc) is 2.40. The molecule has 1 fully saturated rings. The van der Waals surface area contributed by atoms with Gasteiger partial charge in [0.1, 0.15) is 0 Å². The van der Waals surface area contributed by atoms with Gasteiger partial charge in [0.2, 0.25) is 0 Å². The summed E-state index contributed by atoms with van der Waals surface area (Å²) in [6.07, 6.45) is 4.65. The van der Waals surface area contributed by atoms with E-state index < -0.39 is 0 Å². The van der Waals surface area contributed by atoms with Crippen LogP contribution in [0.2, 0.25) is 5.02 Å².